The molecule has 1 aliphatic carbocycles. The van der Waals surface area contributed by atoms with E-state index < -0.39 is 0 Å². The van der Waals surface area contributed by atoms with E-state index in [2.05, 4.69) is 16.4 Å². The van der Waals surface area contributed by atoms with Gasteiger partial charge in [-0.15, -0.1) is 0 Å². The van der Waals surface area contributed by atoms with Gasteiger partial charge in [-0.05, 0) is 74.9 Å². The number of hydrogen-bond acceptors (Lipinski definition) is 4. The van der Waals surface area contributed by atoms with Gasteiger partial charge < -0.3 is 10.1 Å². The molecule has 27 heavy (non-hydrogen) atoms. The molecule has 1 N–H and O–H groups in total. The number of nitriles is 1. The smallest absolute Gasteiger partial charge is 0.253 e. The van der Waals surface area contributed by atoms with E-state index in [-0.39, 0.29) is 18.1 Å². The van der Waals surface area contributed by atoms with E-state index in [1.807, 2.05) is 44.2 Å². The predicted molar refractivity (Wildman–Crippen MR) is 104 cm³/mol. The van der Waals surface area contributed by atoms with Crippen molar-refractivity contribution in [3.8, 4) is 11.8 Å². The highest BCUT2D eigenvalue weighted by Crippen LogP contribution is 2.26. The number of aromatic nitrogens is 1. The lowest BCUT2D eigenvalue weighted by atomic mass is 9.92. The summed E-state index contributed by atoms with van der Waals surface area (Å²) < 4.78 is 6.12. The number of aryl methyl sites for hydroxylation is 2. The van der Waals surface area contributed by atoms with Crippen molar-refractivity contribution in [2.75, 3.05) is 0 Å². The number of pyridine rings is 1. The third-order valence-electron chi connectivity index (χ3n) is 5.06. The number of rotatable bonds is 5. The molecule has 0 saturated heterocycles. The van der Waals surface area contributed by atoms with Gasteiger partial charge in [0.2, 0.25) is 0 Å². The average Bonchev–Trinajstić information content (AvgIpc) is 2.69. The molecule has 0 aliphatic heterocycles. The van der Waals surface area contributed by atoms with Gasteiger partial charge in [0.1, 0.15) is 5.75 Å². The Bertz CT molecular complexity index is 832. The van der Waals surface area contributed by atoms with Crippen molar-refractivity contribution in [1.82, 2.24) is 10.3 Å². The van der Waals surface area contributed by atoms with E-state index in [1.54, 1.807) is 6.20 Å². The Balaban J connectivity index is 1.51. The van der Waals surface area contributed by atoms with E-state index in [0.29, 0.717) is 11.1 Å². The number of amides is 1. The van der Waals surface area contributed by atoms with Gasteiger partial charge in [0.05, 0.1) is 23.3 Å². The first kappa shape index (κ1) is 18.9. The molecule has 0 radical (unpaired) electrons. The maximum Gasteiger partial charge on any atom is 0.253 e. The lowest BCUT2D eigenvalue weighted by molar-refractivity contribution is 0.0893. The zero-order chi connectivity index (χ0) is 19.2. The molecule has 1 aromatic heterocycles. The van der Waals surface area contributed by atoms with Crippen LogP contribution >= 0.6 is 0 Å². The van der Waals surface area contributed by atoms with Gasteiger partial charge in [0, 0.05) is 17.9 Å². The van der Waals surface area contributed by atoms with E-state index >= 15 is 0 Å². The van der Waals surface area contributed by atoms with Crippen molar-refractivity contribution in [2.24, 2.45) is 0 Å². The van der Waals surface area contributed by atoms with Crippen molar-refractivity contribution in [3.05, 3.63) is 58.9 Å². The Kier molecular flexibility index (Phi) is 6.08. The lowest BCUT2D eigenvalue weighted by Crippen LogP contribution is -2.39. The van der Waals surface area contributed by atoms with Crippen LogP contribution < -0.4 is 10.1 Å². The zero-order valence-corrected chi connectivity index (χ0v) is 15.9. The molecule has 3 rings (SSSR count). The number of nitrogens with one attached hydrogen (secondary N) is 1. The van der Waals surface area contributed by atoms with E-state index in [1.165, 1.54) is 0 Å². The molecule has 0 spiro atoms. The second-order valence-electron chi connectivity index (χ2n) is 7.04. The van der Waals surface area contributed by atoms with Gasteiger partial charge in [0.25, 0.3) is 5.91 Å². The number of hydrogen-bond donors (Lipinski definition) is 1. The van der Waals surface area contributed by atoms with E-state index in [4.69, 9.17) is 10.00 Å². The molecular weight excluding hydrogens is 338 g/mol. The van der Waals surface area contributed by atoms with Crippen molar-refractivity contribution >= 4 is 5.91 Å². The van der Waals surface area contributed by atoms with Gasteiger partial charge in [-0.25, -0.2) is 0 Å². The molecule has 1 aliphatic rings. The van der Waals surface area contributed by atoms with Crippen molar-refractivity contribution in [2.45, 2.75) is 58.1 Å². The van der Waals surface area contributed by atoms with Gasteiger partial charge >= 0.3 is 0 Å². The third-order valence-corrected chi connectivity index (χ3v) is 5.06. The van der Waals surface area contributed by atoms with Crippen LogP contribution in [0.3, 0.4) is 0 Å². The van der Waals surface area contributed by atoms with Crippen molar-refractivity contribution in [3.63, 3.8) is 0 Å². The normalized spacial score (nSPS) is 19.1. The molecule has 1 saturated carbocycles. The number of benzene rings is 1. The highest BCUT2D eigenvalue weighted by molar-refractivity contribution is 5.94. The molecule has 140 valence electrons. The molecule has 1 heterocycles. The van der Waals surface area contributed by atoms with Crippen LogP contribution in [0.1, 0.15) is 59.8 Å². The quantitative estimate of drug-likeness (QED) is 0.873. The summed E-state index contributed by atoms with van der Waals surface area (Å²) in [6, 6.07) is 11.7. The van der Waals surface area contributed by atoms with Crippen LogP contribution in [0.15, 0.2) is 36.5 Å². The first-order valence-electron chi connectivity index (χ1n) is 9.52. The summed E-state index contributed by atoms with van der Waals surface area (Å²) in [4.78, 5) is 16.5. The molecule has 1 fully saturated rings. The van der Waals surface area contributed by atoms with Gasteiger partial charge in [-0.2, -0.15) is 5.26 Å². The third kappa shape index (κ3) is 4.85. The van der Waals surface area contributed by atoms with Crippen LogP contribution in [-0.2, 0) is 6.42 Å². The molecule has 5 nitrogen and oxygen atoms in total. The van der Waals surface area contributed by atoms with Gasteiger partial charge in [-0.1, -0.05) is 6.92 Å². The molecule has 1 amide bonds. The fraction of sp³-hybridized carbons (Fsp3) is 0.409. The Morgan fingerprint density at radius 3 is 2.67 bits per heavy atom. The average molecular weight is 363 g/mol. The van der Waals surface area contributed by atoms with Crippen molar-refractivity contribution in [1.29, 1.82) is 5.26 Å². The van der Waals surface area contributed by atoms with Crippen LogP contribution in [0, 0.1) is 18.3 Å². The summed E-state index contributed by atoms with van der Waals surface area (Å²) in [5.41, 5.74) is 3.23. The van der Waals surface area contributed by atoms with E-state index in [0.717, 1.165) is 49.1 Å². The summed E-state index contributed by atoms with van der Waals surface area (Å²) in [5.74, 6) is 0.760. The number of nitrogens with zero attached hydrogens (tertiary/aromatic N) is 2. The molecule has 0 bridgehead atoms. The van der Waals surface area contributed by atoms with Crippen LogP contribution in [0.4, 0.5) is 0 Å². The number of carbonyl (C=O) groups is 1. The number of carbonyl (C=O) groups excluding carboxylic acids is 1. The van der Waals surface area contributed by atoms with Crippen LogP contribution in [0.25, 0.3) is 0 Å². The first-order valence-corrected chi connectivity index (χ1v) is 9.52. The Hall–Kier alpha value is -2.87. The second-order valence-corrected chi connectivity index (χ2v) is 7.04. The lowest BCUT2D eigenvalue weighted by Gasteiger charge is -2.29. The van der Waals surface area contributed by atoms with E-state index in [9.17, 15) is 4.79 Å². The topological polar surface area (TPSA) is 75.0 Å². The molecule has 0 unspecified atom stereocenters. The highest BCUT2D eigenvalue weighted by Gasteiger charge is 2.24. The second kappa shape index (κ2) is 8.68. The minimum Gasteiger partial charge on any atom is -0.490 e. The Morgan fingerprint density at radius 2 is 2.04 bits per heavy atom. The standard InChI is InChI=1S/C22H25N3O2/c1-3-16-12-21(9-6-17(16)13-23)27-20-10-7-19(8-11-20)25-22(26)18-5-4-15(2)24-14-18/h4-6,9,12,14,19-20H,3,7-8,10-11H2,1-2H3,(H,25,26). The summed E-state index contributed by atoms with van der Waals surface area (Å²) in [6.45, 7) is 3.94. The van der Waals surface area contributed by atoms with Crippen LogP contribution in [0.5, 0.6) is 5.75 Å². The molecular formula is C22H25N3O2. The number of ether oxygens (including phenoxy) is 1. The summed E-state index contributed by atoms with van der Waals surface area (Å²) in [7, 11) is 0. The summed E-state index contributed by atoms with van der Waals surface area (Å²) >= 11 is 0. The predicted octanol–water partition coefficient (Wildman–Crippen LogP) is 3.94. The highest BCUT2D eigenvalue weighted by atomic mass is 16.5. The molecule has 0 atom stereocenters. The molecule has 1 aromatic carbocycles. The Labute approximate surface area is 160 Å². The first-order chi connectivity index (χ1) is 13.1. The monoisotopic (exact) mass is 363 g/mol. The molecule has 2 aromatic rings. The fourth-order valence-electron chi connectivity index (χ4n) is 3.43. The van der Waals surface area contributed by atoms with Crippen LogP contribution in [-0.4, -0.2) is 23.0 Å². The molecule has 5 heteroatoms. The minimum absolute atomic E-state index is 0.0634. The maximum atomic E-state index is 12.3. The summed E-state index contributed by atoms with van der Waals surface area (Å²) in [5, 5.41) is 12.2. The van der Waals surface area contributed by atoms with Crippen molar-refractivity contribution < 1.29 is 9.53 Å². The summed E-state index contributed by atoms with van der Waals surface area (Å²) in [6.07, 6.45) is 6.18. The minimum atomic E-state index is -0.0634. The largest absolute Gasteiger partial charge is 0.490 e. The maximum absolute atomic E-state index is 12.3. The SMILES string of the molecule is CCc1cc(OC2CCC(NC(=O)c3ccc(C)nc3)CC2)ccc1C#N. The van der Waals surface area contributed by atoms with Crippen LogP contribution in [0.2, 0.25) is 0 Å². The van der Waals surface area contributed by atoms with Gasteiger partial charge in [0.15, 0.2) is 0 Å². The van der Waals surface area contributed by atoms with Gasteiger partial charge in [-0.3, -0.25) is 9.78 Å². The fourth-order valence-corrected chi connectivity index (χ4v) is 3.43. The Morgan fingerprint density at radius 1 is 1.26 bits per heavy atom. The zero-order valence-electron chi connectivity index (χ0n) is 15.9.